The van der Waals surface area contributed by atoms with Crippen molar-refractivity contribution >= 4 is 11.3 Å². The average Bonchev–Trinajstić information content (AvgIpc) is 2.76. The van der Waals surface area contributed by atoms with Crippen LogP contribution in [0.1, 0.15) is 50.1 Å². The fraction of sp³-hybridized carbons (Fsp3) is 0.733. The molecule has 1 fully saturated rings. The van der Waals surface area contributed by atoms with E-state index in [4.69, 9.17) is 0 Å². The van der Waals surface area contributed by atoms with Crippen LogP contribution in [-0.4, -0.2) is 30.1 Å². The highest BCUT2D eigenvalue weighted by Crippen LogP contribution is 2.25. The highest BCUT2D eigenvalue weighted by molar-refractivity contribution is 7.10. The molecule has 1 unspecified atom stereocenters. The summed E-state index contributed by atoms with van der Waals surface area (Å²) in [5.74, 6) is 0. The van der Waals surface area contributed by atoms with Crippen LogP contribution in [0.2, 0.25) is 0 Å². The van der Waals surface area contributed by atoms with Gasteiger partial charge in [0.1, 0.15) is 0 Å². The van der Waals surface area contributed by atoms with Crippen LogP contribution in [0.15, 0.2) is 11.4 Å². The molecular weight excluding hydrogens is 240 g/mol. The maximum atomic E-state index is 3.81. The summed E-state index contributed by atoms with van der Waals surface area (Å²) < 4.78 is 0. The molecule has 1 aromatic rings. The van der Waals surface area contributed by atoms with Gasteiger partial charge in [0.25, 0.3) is 0 Å². The maximum Gasteiger partial charge on any atom is 0.0390 e. The number of rotatable bonds is 4. The quantitative estimate of drug-likeness (QED) is 0.896. The Morgan fingerprint density at radius 1 is 1.28 bits per heavy atom. The summed E-state index contributed by atoms with van der Waals surface area (Å²) in [6.45, 7) is 11.6. The van der Waals surface area contributed by atoms with Gasteiger partial charge in [0.05, 0.1) is 0 Å². The molecule has 1 saturated heterocycles. The predicted octanol–water partition coefficient (Wildman–Crippen LogP) is 3.58. The van der Waals surface area contributed by atoms with Crippen LogP contribution in [-0.2, 0) is 0 Å². The minimum absolute atomic E-state index is 0.501. The van der Waals surface area contributed by atoms with Crippen LogP contribution in [0.4, 0.5) is 0 Å². The maximum absolute atomic E-state index is 3.81. The van der Waals surface area contributed by atoms with Crippen molar-refractivity contribution in [3.63, 3.8) is 0 Å². The molecule has 0 aromatic carbocycles. The van der Waals surface area contributed by atoms with Gasteiger partial charge in [-0.25, -0.2) is 0 Å². The Kier molecular flexibility index (Phi) is 4.82. The van der Waals surface area contributed by atoms with Gasteiger partial charge in [-0.1, -0.05) is 0 Å². The fourth-order valence-corrected chi connectivity index (χ4v) is 3.78. The Labute approximate surface area is 115 Å². The van der Waals surface area contributed by atoms with E-state index in [0.717, 1.165) is 0 Å². The molecule has 0 saturated carbocycles. The van der Waals surface area contributed by atoms with E-state index >= 15 is 0 Å². The lowest BCUT2D eigenvalue weighted by molar-refractivity contribution is 0.157. The van der Waals surface area contributed by atoms with Crippen molar-refractivity contribution in [1.29, 1.82) is 0 Å². The van der Waals surface area contributed by atoms with E-state index in [1.165, 1.54) is 36.4 Å². The molecule has 1 aromatic heterocycles. The number of nitrogens with one attached hydrogen (secondary N) is 1. The third kappa shape index (κ3) is 3.34. The van der Waals surface area contributed by atoms with E-state index < -0.39 is 0 Å². The normalized spacial score (nSPS) is 20.5. The zero-order valence-electron chi connectivity index (χ0n) is 12.1. The standard InChI is InChI=1S/C15H26N2S/c1-11(2)17-8-5-14(6-9-17)16-13(4)15-12(3)7-10-18-15/h7,10-11,13-14,16H,5-6,8-9H2,1-4H3. The molecule has 0 aliphatic carbocycles. The summed E-state index contributed by atoms with van der Waals surface area (Å²) in [7, 11) is 0. The molecule has 18 heavy (non-hydrogen) atoms. The number of thiophene rings is 1. The van der Waals surface area contributed by atoms with Gasteiger partial charge in [0, 0.05) is 23.0 Å². The van der Waals surface area contributed by atoms with Crippen LogP contribution >= 0.6 is 11.3 Å². The summed E-state index contributed by atoms with van der Waals surface area (Å²) in [5.41, 5.74) is 1.43. The van der Waals surface area contributed by atoms with E-state index in [-0.39, 0.29) is 0 Å². The zero-order valence-corrected chi connectivity index (χ0v) is 12.9. The number of likely N-dealkylation sites (tertiary alicyclic amines) is 1. The van der Waals surface area contributed by atoms with Crippen molar-refractivity contribution in [3.8, 4) is 0 Å². The Balaban J connectivity index is 1.83. The second-order valence-electron chi connectivity index (χ2n) is 5.76. The van der Waals surface area contributed by atoms with Gasteiger partial charge in [-0.15, -0.1) is 11.3 Å². The van der Waals surface area contributed by atoms with Gasteiger partial charge in [-0.2, -0.15) is 0 Å². The van der Waals surface area contributed by atoms with Crippen molar-refractivity contribution in [2.45, 2.75) is 58.7 Å². The first-order valence-electron chi connectivity index (χ1n) is 7.12. The van der Waals surface area contributed by atoms with Gasteiger partial charge in [-0.3, -0.25) is 0 Å². The summed E-state index contributed by atoms with van der Waals surface area (Å²) >= 11 is 1.88. The van der Waals surface area contributed by atoms with Gasteiger partial charge >= 0.3 is 0 Å². The Morgan fingerprint density at radius 2 is 1.94 bits per heavy atom. The lowest BCUT2D eigenvalue weighted by atomic mass is 10.0. The van der Waals surface area contributed by atoms with E-state index in [2.05, 4.69) is 49.4 Å². The van der Waals surface area contributed by atoms with Gasteiger partial charge in [-0.05, 0) is 70.6 Å². The van der Waals surface area contributed by atoms with E-state index in [1.54, 1.807) is 0 Å². The highest BCUT2D eigenvalue weighted by atomic mass is 32.1. The van der Waals surface area contributed by atoms with Crippen molar-refractivity contribution < 1.29 is 0 Å². The smallest absolute Gasteiger partial charge is 0.0390 e. The van der Waals surface area contributed by atoms with Crippen LogP contribution < -0.4 is 5.32 Å². The number of hydrogen-bond acceptors (Lipinski definition) is 3. The minimum atomic E-state index is 0.501. The molecule has 2 heterocycles. The summed E-state index contributed by atoms with van der Waals surface area (Å²) in [5, 5.41) is 6.00. The molecule has 1 N–H and O–H groups in total. The van der Waals surface area contributed by atoms with Crippen LogP contribution in [0.5, 0.6) is 0 Å². The van der Waals surface area contributed by atoms with E-state index in [1.807, 2.05) is 11.3 Å². The Hall–Kier alpha value is -0.380. The minimum Gasteiger partial charge on any atom is -0.307 e. The molecule has 0 amide bonds. The molecular formula is C15H26N2S. The molecule has 2 nitrogen and oxygen atoms in total. The number of hydrogen-bond donors (Lipinski definition) is 1. The van der Waals surface area contributed by atoms with Crippen LogP contribution in [0, 0.1) is 6.92 Å². The first kappa shape index (κ1) is 14.0. The van der Waals surface area contributed by atoms with Crippen molar-refractivity contribution in [1.82, 2.24) is 10.2 Å². The molecule has 2 rings (SSSR count). The summed E-state index contributed by atoms with van der Waals surface area (Å²) in [6.07, 6.45) is 2.57. The Morgan fingerprint density at radius 3 is 2.44 bits per heavy atom. The van der Waals surface area contributed by atoms with Crippen molar-refractivity contribution in [2.24, 2.45) is 0 Å². The second-order valence-corrected chi connectivity index (χ2v) is 6.71. The Bertz CT molecular complexity index is 364. The lowest BCUT2D eigenvalue weighted by Crippen LogP contribution is -2.45. The number of aryl methyl sites for hydroxylation is 1. The largest absolute Gasteiger partial charge is 0.307 e. The van der Waals surface area contributed by atoms with Gasteiger partial charge in [0.2, 0.25) is 0 Å². The molecule has 0 radical (unpaired) electrons. The van der Waals surface area contributed by atoms with Crippen LogP contribution in [0.25, 0.3) is 0 Å². The third-order valence-electron chi connectivity index (χ3n) is 4.04. The number of piperidine rings is 1. The van der Waals surface area contributed by atoms with Gasteiger partial charge in [0.15, 0.2) is 0 Å². The number of nitrogens with zero attached hydrogens (tertiary/aromatic N) is 1. The average molecular weight is 266 g/mol. The molecule has 0 bridgehead atoms. The fourth-order valence-electron chi connectivity index (χ4n) is 2.84. The molecule has 1 atom stereocenters. The monoisotopic (exact) mass is 266 g/mol. The highest BCUT2D eigenvalue weighted by Gasteiger charge is 2.22. The lowest BCUT2D eigenvalue weighted by Gasteiger charge is -2.36. The van der Waals surface area contributed by atoms with Gasteiger partial charge < -0.3 is 10.2 Å². The summed E-state index contributed by atoms with van der Waals surface area (Å²) in [4.78, 5) is 4.08. The van der Waals surface area contributed by atoms with Crippen molar-refractivity contribution in [2.75, 3.05) is 13.1 Å². The second kappa shape index (κ2) is 6.18. The first-order valence-corrected chi connectivity index (χ1v) is 8.00. The third-order valence-corrected chi connectivity index (χ3v) is 5.24. The zero-order chi connectivity index (χ0) is 13.1. The van der Waals surface area contributed by atoms with E-state index in [9.17, 15) is 0 Å². The van der Waals surface area contributed by atoms with E-state index in [0.29, 0.717) is 18.1 Å². The molecule has 1 aliphatic heterocycles. The SMILES string of the molecule is Cc1ccsc1C(C)NC1CCN(C(C)C)CC1. The molecule has 1 aliphatic rings. The first-order chi connectivity index (χ1) is 8.58. The summed E-state index contributed by atoms with van der Waals surface area (Å²) in [6, 6.07) is 4.11. The topological polar surface area (TPSA) is 15.3 Å². The molecule has 102 valence electrons. The molecule has 3 heteroatoms. The van der Waals surface area contributed by atoms with Crippen molar-refractivity contribution in [3.05, 3.63) is 21.9 Å². The van der Waals surface area contributed by atoms with Crippen LogP contribution in [0.3, 0.4) is 0 Å². The molecule has 0 spiro atoms. The predicted molar refractivity (Wildman–Crippen MR) is 80.3 cm³/mol.